The monoisotopic (exact) mass is 405 g/mol. The first-order valence-electron chi connectivity index (χ1n) is 5.92. The highest BCUT2D eigenvalue weighted by atomic mass is 32.3. The Balaban J connectivity index is 0.000000496. The van der Waals surface area contributed by atoms with E-state index in [-0.39, 0.29) is 0 Å². The maximum absolute atomic E-state index is 11.5. The largest absolute Gasteiger partial charge is 0.512 e. The summed E-state index contributed by atoms with van der Waals surface area (Å²) in [5, 5.41) is 0. The molecule has 1 aromatic rings. The highest BCUT2D eigenvalue weighted by Gasteiger charge is 2.55. The Hall–Kier alpha value is -1.35. The molecule has 0 atom stereocenters. The molecule has 0 spiro atoms. The molecule has 0 fully saturated rings. The Bertz CT molecular complexity index is 694. The van der Waals surface area contributed by atoms with Crippen LogP contribution in [0.1, 0.15) is 19.2 Å². The van der Waals surface area contributed by atoms with Crippen molar-refractivity contribution in [2.75, 3.05) is 0 Å². The van der Waals surface area contributed by atoms with Gasteiger partial charge in [0.1, 0.15) is 5.82 Å². The second-order valence-corrected chi connectivity index (χ2v) is 7.79. The molecule has 0 aromatic carbocycles. The van der Waals surface area contributed by atoms with Gasteiger partial charge in [0.2, 0.25) is 0 Å². The smallest absolute Gasteiger partial charge is 0.338 e. The number of aromatic nitrogens is 2. The number of hydrogen-bond donors (Lipinski definition) is 1. The third-order valence-corrected chi connectivity index (χ3v) is 5.20. The summed E-state index contributed by atoms with van der Waals surface area (Å²) in [7, 11) is -11.2. The summed E-state index contributed by atoms with van der Waals surface area (Å²) in [5.74, 6) is 1.18. The Morgan fingerprint density at radius 2 is 1.46 bits per heavy atom. The second-order valence-electron chi connectivity index (χ2n) is 4.19. The molecule has 0 amide bonds. The maximum Gasteiger partial charge on any atom is 0.512 e. The van der Waals surface area contributed by atoms with Crippen molar-refractivity contribution in [1.29, 1.82) is 0 Å². The Kier molecular flexibility index (Phi) is 7.26. The van der Waals surface area contributed by atoms with E-state index in [9.17, 15) is 43.2 Å². The highest BCUT2D eigenvalue weighted by molar-refractivity contribution is 8.05. The first kappa shape index (κ1) is 22.6. The predicted molar refractivity (Wildman–Crippen MR) is 70.3 cm³/mol. The van der Waals surface area contributed by atoms with Crippen LogP contribution < -0.4 is 4.13 Å². The highest BCUT2D eigenvalue weighted by Crippen LogP contribution is 2.27. The zero-order valence-corrected chi connectivity index (χ0v) is 13.8. The third kappa shape index (κ3) is 6.27. The summed E-state index contributed by atoms with van der Waals surface area (Å²) in [5.41, 5.74) is -12.3. The van der Waals surface area contributed by atoms with Gasteiger partial charge in [-0.25, -0.2) is 21.8 Å². The van der Waals surface area contributed by atoms with E-state index in [1.165, 1.54) is 12.2 Å². The van der Waals surface area contributed by atoms with E-state index in [1.807, 2.05) is 19.4 Å². The van der Waals surface area contributed by atoms with Crippen LogP contribution in [0.4, 0.5) is 26.3 Å². The molecule has 0 bridgehead atoms. The zero-order valence-electron chi connectivity index (χ0n) is 12.2. The van der Waals surface area contributed by atoms with Gasteiger partial charge in [-0.05, 0) is 6.42 Å². The van der Waals surface area contributed by atoms with Gasteiger partial charge in [-0.3, -0.25) is 0 Å². The summed E-state index contributed by atoms with van der Waals surface area (Å²) in [6.07, 6.45) is 6.07. The Morgan fingerprint density at radius 3 is 1.71 bits per heavy atom. The molecule has 0 aliphatic rings. The van der Waals surface area contributed by atoms with Crippen LogP contribution in [0.15, 0.2) is 12.4 Å². The molecule has 7 nitrogen and oxygen atoms in total. The first-order chi connectivity index (χ1) is 10.5. The average molecular weight is 405 g/mol. The molecular formula is C9H13F6N3O4S2. The minimum Gasteiger partial charge on any atom is -0.338 e. The van der Waals surface area contributed by atoms with Gasteiger partial charge in [0.15, 0.2) is 0 Å². The summed E-state index contributed by atoms with van der Waals surface area (Å²) in [4.78, 5) is 4.17. The number of nitrogens with one attached hydrogen (secondary N) is 1. The van der Waals surface area contributed by atoms with Crippen LogP contribution in [0, 0.1) is 0 Å². The number of rotatable bonds is 4. The van der Waals surface area contributed by atoms with Crippen molar-refractivity contribution in [2.24, 2.45) is 7.05 Å². The van der Waals surface area contributed by atoms with Crippen molar-refractivity contribution in [3.05, 3.63) is 18.2 Å². The van der Waals surface area contributed by atoms with Crippen molar-refractivity contribution in [1.82, 2.24) is 13.7 Å². The van der Waals surface area contributed by atoms with Gasteiger partial charge < -0.3 is 4.57 Å². The number of alkyl halides is 6. The van der Waals surface area contributed by atoms with Crippen LogP contribution in [-0.2, 0) is 33.5 Å². The van der Waals surface area contributed by atoms with Crippen molar-refractivity contribution < 1.29 is 43.2 Å². The second kappa shape index (κ2) is 7.69. The summed E-state index contributed by atoms with van der Waals surface area (Å²) in [6.45, 7) is 2.16. The van der Waals surface area contributed by atoms with Crippen molar-refractivity contribution in [2.45, 2.75) is 30.8 Å². The standard InChI is InChI=1S/C7H12N2.C2HF6NO4S2/c1-3-4-7-8-5-6-9(7)2;3-1(4,5)14(10,11)9-15(12,13)2(6,7)8/h5-6H,3-4H2,1-2H3;9H. The van der Waals surface area contributed by atoms with Gasteiger partial charge in [0.25, 0.3) is 0 Å². The van der Waals surface area contributed by atoms with E-state index in [4.69, 9.17) is 0 Å². The number of halogens is 6. The minimum atomic E-state index is -6.60. The van der Waals surface area contributed by atoms with Crippen LogP contribution in [0.25, 0.3) is 0 Å². The van der Waals surface area contributed by atoms with Gasteiger partial charge in [0.05, 0.1) is 0 Å². The molecule has 1 rings (SSSR count). The molecule has 142 valence electrons. The van der Waals surface area contributed by atoms with E-state index in [0.717, 1.165) is 6.42 Å². The zero-order chi connectivity index (χ0) is 19.4. The lowest BCUT2D eigenvalue weighted by atomic mass is 10.3. The summed E-state index contributed by atoms with van der Waals surface area (Å²) < 4.78 is 110. The SMILES string of the molecule is CCCc1nccn1C.O=S(=O)(NS(=O)(=O)C(F)(F)F)C(F)(F)F. The van der Waals surface area contributed by atoms with E-state index in [2.05, 4.69) is 16.5 Å². The fraction of sp³-hybridized carbons (Fsp3) is 0.667. The number of hydrogen-bond acceptors (Lipinski definition) is 5. The molecule has 1 heterocycles. The molecule has 1 aromatic heterocycles. The molecule has 0 radical (unpaired) electrons. The van der Waals surface area contributed by atoms with Gasteiger partial charge in [-0.1, -0.05) is 11.1 Å². The number of imidazole rings is 1. The quantitative estimate of drug-likeness (QED) is 0.769. The molecule has 0 aliphatic carbocycles. The minimum absolute atomic E-state index is 0.493. The Labute approximate surface area is 133 Å². The van der Waals surface area contributed by atoms with Crippen LogP contribution in [-0.4, -0.2) is 37.4 Å². The predicted octanol–water partition coefficient (Wildman–Crippen LogP) is 1.65. The van der Waals surface area contributed by atoms with Crippen molar-refractivity contribution in [3.63, 3.8) is 0 Å². The van der Waals surface area contributed by atoms with E-state index >= 15 is 0 Å². The van der Waals surface area contributed by atoms with Gasteiger partial charge in [0, 0.05) is 25.9 Å². The van der Waals surface area contributed by atoms with Crippen molar-refractivity contribution >= 4 is 20.0 Å². The molecule has 15 heteroatoms. The lowest BCUT2D eigenvalue weighted by molar-refractivity contribution is -0.0476. The molecule has 0 saturated heterocycles. The molecule has 24 heavy (non-hydrogen) atoms. The fourth-order valence-electron chi connectivity index (χ4n) is 1.10. The number of sulfonamides is 2. The number of aryl methyl sites for hydroxylation is 2. The van der Waals surface area contributed by atoms with Crippen LogP contribution in [0.3, 0.4) is 0 Å². The first-order valence-corrected chi connectivity index (χ1v) is 8.89. The molecule has 0 aliphatic heterocycles. The summed E-state index contributed by atoms with van der Waals surface area (Å²) >= 11 is 0. The van der Waals surface area contributed by atoms with E-state index < -0.39 is 35.2 Å². The van der Waals surface area contributed by atoms with Crippen molar-refractivity contribution in [3.8, 4) is 0 Å². The lowest BCUT2D eigenvalue weighted by Crippen LogP contribution is -2.45. The fourth-order valence-corrected chi connectivity index (χ4v) is 3.01. The summed E-state index contributed by atoms with van der Waals surface area (Å²) in [6, 6.07) is 0. The van der Waals surface area contributed by atoms with E-state index in [1.54, 1.807) is 0 Å². The molecular weight excluding hydrogens is 392 g/mol. The van der Waals surface area contributed by atoms with Gasteiger partial charge >= 0.3 is 31.1 Å². The third-order valence-electron chi connectivity index (χ3n) is 2.22. The van der Waals surface area contributed by atoms with Crippen LogP contribution in [0.5, 0.6) is 0 Å². The van der Waals surface area contributed by atoms with Crippen LogP contribution in [0.2, 0.25) is 0 Å². The van der Waals surface area contributed by atoms with Gasteiger partial charge in [-0.2, -0.15) is 26.3 Å². The topological polar surface area (TPSA) is 98.1 Å². The maximum atomic E-state index is 11.5. The number of nitrogens with zero attached hydrogens (tertiary/aromatic N) is 2. The van der Waals surface area contributed by atoms with Gasteiger partial charge in [-0.15, -0.1) is 0 Å². The van der Waals surface area contributed by atoms with E-state index in [0.29, 0.717) is 0 Å². The molecule has 0 saturated carbocycles. The lowest BCUT2D eigenvalue weighted by Gasteiger charge is -2.11. The normalized spacial score (nSPS) is 13.3. The Morgan fingerprint density at radius 1 is 1.04 bits per heavy atom. The average Bonchev–Trinajstić information content (AvgIpc) is 2.72. The molecule has 0 unspecified atom stereocenters. The van der Waals surface area contributed by atoms with Crippen LogP contribution >= 0.6 is 0 Å². The molecule has 1 N–H and O–H groups in total.